The predicted octanol–water partition coefficient (Wildman–Crippen LogP) is 2.94. The van der Waals surface area contributed by atoms with Crippen molar-refractivity contribution in [3.8, 4) is 11.1 Å². The Morgan fingerprint density at radius 3 is 2.12 bits per heavy atom. The summed E-state index contributed by atoms with van der Waals surface area (Å²) >= 11 is 0. The largest absolute Gasteiger partial charge is 0.480 e. The molecule has 0 heterocycles. The molecule has 0 radical (unpaired) electrons. The first-order chi connectivity index (χ1) is 15.7. The molecule has 2 amide bonds. The molecule has 0 saturated carbocycles. The number of nitrogens with zero attached hydrogens (tertiary/aromatic N) is 1. The molecule has 0 aliphatic rings. The fraction of sp³-hybridized carbons (Fsp3) is 0.400. The average Bonchev–Trinajstić information content (AvgIpc) is 2.79. The molecule has 3 N–H and O–H groups in total. The number of carbonyl (C=O) groups is 3. The van der Waals surface area contributed by atoms with E-state index in [4.69, 9.17) is 4.74 Å². The lowest BCUT2D eigenvalue weighted by Crippen LogP contribution is -2.52. The highest BCUT2D eigenvalue weighted by atomic mass is 16.5. The Morgan fingerprint density at radius 2 is 1.58 bits per heavy atom. The number of aliphatic carboxylic acids is 1. The van der Waals surface area contributed by atoms with Crippen LogP contribution in [0.4, 0.5) is 4.79 Å². The number of carboxylic acids is 1. The van der Waals surface area contributed by atoms with Crippen molar-refractivity contribution >= 4 is 18.0 Å². The van der Waals surface area contributed by atoms with Crippen LogP contribution in [0.3, 0.4) is 0 Å². The maximum Gasteiger partial charge on any atom is 0.336 e. The number of amides is 2. The van der Waals surface area contributed by atoms with Gasteiger partial charge in [-0.25, -0.2) is 14.4 Å². The molecule has 0 aliphatic carbocycles. The molecule has 178 valence electrons. The zero-order chi connectivity index (χ0) is 24.4. The van der Waals surface area contributed by atoms with E-state index < -0.39 is 30.1 Å². The number of rotatable bonds is 11. The normalized spacial score (nSPS) is 12.6. The summed E-state index contributed by atoms with van der Waals surface area (Å²) in [6.07, 6.45) is -1.42. The minimum atomic E-state index is -1.51. The van der Waals surface area contributed by atoms with Gasteiger partial charge in [0.25, 0.3) is 0 Å². The fourth-order valence-electron chi connectivity index (χ4n) is 3.34. The minimum absolute atomic E-state index is 0.0407. The zero-order valence-electron chi connectivity index (χ0n) is 19.2. The van der Waals surface area contributed by atoms with Gasteiger partial charge >= 0.3 is 18.0 Å². The third-order valence-corrected chi connectivity index (χ3v) is 4.92. The van der Waals surface area contributed by atoms with Gasteiger partial charge in [0.1, 0.15) is 6.04 Å². The lowest BCUT2D eigenvalue weighted by Gasteiger charge is -2.28. The monoisotopic (exact) mass is 456 g/mol. The molecule has 0 spiro atoms. The quantitative estimate of drug-likeness (QED) is 0.448. The van der Waals surface area contributed by atoms with Crippen LogP contribution in [-0.4, -0.2) is 64.9 Å². The number of carbonyl (C=O) groups excluding carboxylic acids is 2. The van der Waals surface area contributed by atoms with Crippen LogP contribution < -0.4 is 5.32 Å². The SMILES string of the molecule is CCOC(=O)C(O)CN(CC(C)C)C(=O)N[C@@H](Cc1ccc(-c2ccccc2)cc1)C(=O)O. The first kappa shape index (κ1) is 25.9. The maximum atomic E-state index is 12.8. The van der Waals surface area contributed by atoms with Gasteiger partial charge in [0, 0.05) is 13.0 Å². The molecular formula is C25H32N2O6. The van der Waals surface area contributed by atoms with Crippen LogP contribution in [0.5, 0.6) is 0 Å². The molecule has 1 unspecified atom stereocenters. The van der Waals surface area contributed by atoms with Crippen LogP contribution >= 0.6 is 0 Å². The van der Waals surface area contributed by atoms with E-state index >= 15 is 0 Å². The number of esters is 1. The highest BCUT2D eigenvalue weighted by Gasteiger charge is 2.27. The number of nitrogens with one attached hydrogen (secondary N) is 1. The van der Waals surface area contributed by atoms with Crippen LogP contribution in [0.15, 0.2) is 54.6 Å². The number of aliphatic hydroxyl groups excluding tert-OH is 1. The lowest BCUT2D eigenvalue weighted by atomic mass is 10.0. The van der Waals surface area contributed by atoms with Gasteiger partial charge in [0.15, 0.2) is 6.10 Å². The lowest BCUT2D eigenvalue weighted by molar-refractivity contribution is -0.153. The van der Waals surface area contributed by atoms with Crippen molar-refractivity contribution in [2.24, 2.45) is 5.92 Å². The molecule has 0 fully saturated rings. The van der Waals surface area contributed by atoms with Gasteiger partial charge in [0.05, 0.1) is 13.2 Å². The van der Waals surface area contributed by atoms with E-state index in [-0.39, 0.29) is 32.0 Å². The summed E-state index contributed by atoms with van der Waals surface area (Å²) in [4.78, 5) is 37.7. The third-order valence-electron chi connectivity index (χ3n) is 4.92. The molecule has 33 heavy (non-hydrogen) atoms. The Kier molecular flexibility index (Phi) is 9.87. The van der Waals surface area contributed by atoms with Gasteiger partial charge in [-0.2, -0.15) is 0 Å². The summed E-state index contributed by atoms with van der Waals surface area (Å²) in [6.45, 7) is 5.42. The van der Waals surface area contributed by atoms with Crippen LogP contribution in [0.25, 0.3) is 11.1 Å². The van der Waals surface area contributed by atoms with Gasteiger partial charge in [-0.3, -0.25) is 0 Å². The number of urea groups is 1. The van der Waals surface area contributed by atoms with Gasteiger partial charge in [-0.05, 0) is 29.5 Å². The molecule has 2 aromatic rings. The van der Waals surface area contributed by atoms with E-state index in [0.717, 1.165) is 16.7 Å². The Morgan fingerprint density at radius 1 is 0.970 bits per heavy atom. The van der Waals surface area contributed by atoms with E-state index in [1.165, 1.54) is 4.90 Å². The molecule has 0 saturated heterocycles. The summed E-state index contributed by atoms with van der Waals surface area (Å²) in [7, 11) is 0. The van der Waals surface area contributed by atoms with Crippen molar-refractivity contribution in [2.75, 3.05) is 19.7 Å². The van der Waals surface area contributed by atoms with Crippen molar-refractivity contribution in [1.29, 1.82) is 0 Å². The first-order valence-electron chi connectivity index (χ1n) is 11.0. The fourth-order valence-corrected chi connectivity index (χ4v) is 3.34. The van der Waals surface area contributed by atoms with E-state index in [9.17, 15) is 24.6 Å². The van der Waals surface area contributed by atoms with Gasteiger partial charge in [0.2, 0.25) is 0 Å². The molecule has 2 atom stereocenters. The number of ether oxygens (including phenoxy) is 1. The molecule has 0 aliphatic heterocycles. The van der Waals surface area contributed by atoms with Gasteiger partial charge in [-0.1, -0.05) is 68.4 Å². The van der Waals surface area contributed by atoms with E-state index in [1.807, 2.05) is 68.4 Å². The molecular weight excluding hydrogens is 424 g/mol. The molecule has 0 bridgehead atoms. The molecule has 8 heteroatoms. The minimum Gasteiger partial charge on any atom is -0.480 e. The molecule has 8 nitrogen and oxygen atoms in total. The van der Waals surface area contributed by atoms with Crippen molar-refractivity contribution in [3.05, 3.63) is 60.2 Å². The van der Waals surface area contributed by atoms with Gasteiger partial charge in [-0.15, -0.1) is 0 Å². The highest BCUT2D eigenvalue weighted by Crippen LogP contribution is 2.20. The predicted molar refractivity (Wildman–Crippen MR) is 125 cm³/mol. The maximum absolute atomic E-state index is 12.8. The highest BCUT2D eigenvalue weighted by molar-refractivity contribution is 5.83. The summed E-state index contributed by atoms with van der Waals surface area (Å²) in [5, 5.41) is 22.2. The Labute approximate surface area is 194 Å². The number of hydrogen-bond donors (Lipinski definition) is 3. The van der Waals surface area contributed by atoms with Gasteiger partial charge < -0.3 is 25.2 Å². The second kappa shape index (κ2) is 12.6. The number of aliphatic hydroxyl groups is 1. The Hall–Kier alpha value is -3.39. The topological polar surface area (TPSA) is 116 Å². The summed E-state index contributed by atoms with van der Waals surface area (Å²) in [5.74, 6) is -1.96. The van der Waals surface area contributed by atoms with Crippen molar-refractivity contribution in [2.45, 2.75) is 39.3 Å². The standard InChI is InChI=1S/C25H32N2O6/c1-4-33-24(31)22(28)16-27(15-17(2)3)25(32)26-21(23(29)30)14-18-10-12-20(13-11-18)19-8-6-5-7-9-19/h5-13,17,21-22,28H,4,14-16H2,1-3H3,(H,26,32)(H,29,30)/t21-,22?/m0/s1. The van der Waals surface area contributed by atoms with E-state index in [1.54, 1.807) is 6.92 Å². The summed E-state index contributed by atoms with van der Waals surface area (Å²) in [5.41, 5.74) is 2.81. The Bertz CT molecular complexity index is 914. The number of carboxylic acid groups (broad SMARTS) is 1. The molecule has 2 aromatic carbocycles. The second-order valence-electron chi connectivity index (χ2n) is 8.17. The smallest absolute Gasteiger partial charge is 0.336 e. The van der Waals surface area contributed by atoms with Crippen molar-refractivity contribution in [3.63, 3.8) is 0 Å². The van der Waals surface area contributed by atoms with E-state index in [0.29, 0.717) is 0 Å². The number of benzene rings is 2. The van der Waals surface area contributed by atoms with Crippen LogP contribution in [-0.2, 0) is 20.7 Å². The summed E-state index contributed by atoms with van der Waals surface area (Å²) in [6, 6.07) is 15.5. The van der Waals surface area contributed by atoms with E-state index in [2.05, 4.69) is 5.32 Å². The summed E-state index contributed by atoms with van der Waals surface area (Å²) < 4.78 is 4.79. The number of hydrogen-bond acceptors (Lipinski definition) is 5. The first-order valence-corrected chi connectivity index (χ1v) is 11.0. The van der Waals surface area contributed by atoms with Crippen LogP contribution in [0.2, 0.25) is 0 Å². The molecule has 2 rings (SSSR count). The van der Waals surface area contributed by atoms with Crippen molar-refractivity contribution in [1.82, 2.24) is 10.2 Å². The van der Waals surface area contributed by atoms with Crippen LogP contribution in [0.1, 0.15) is 26.3 Å². The van der Waals surface area contributed by atoms with Crippen molar-refractivity contribution < 1.29 is 29.3 Å². The molecule has 0 aromatic heterocycles. The second-order valence-corrected chi connectivity index (χ2v) is 8.17. The Balaban J connectivity index is 2.08. The third kappa shape index (κ3) is 8.23. The average molecular weight is 457 g/mol. The van der Waals surface area contributed by atoms with Crippen LogP contribution in [0, 0.1) is 5.92 Å². The zero-order valence-corrected chi connectivity index (χ0v) is 19.2.